The minimum absolute atomic E-state index is 0.776. The molecule has 3 aliphatic carbocycles. The van der Waals surface area contributed by atoms with E-state index in [-0.39, 0.29) is 0 Å². The summed E-state index contributed by atoms with van der Waals surface area (Å²) >= 11 is 0. The molecule has 5 unspecified atom stereocenters. The number of nitrogens with one attached hydrogen (secondary N) is 1. The predicted molar refractivity (Wildman–Crippen MR) is 88.5 cm³/mol. The van der Waals surface area contributed by atoms with E-state index < -0.39 is 0 Å². The second kappa shape index (κ2) is 5.76. The highest BCUT2D eigenvalue weighted by atomic mass is 14.9. The zero-order chi connectivity index (χ0) is 14.2. The lowest BCUT2D eigenvalue weighted by Crippen LogP contribution is -2.41. The first kappa shape index (κ1) is 13.8. The molecule has 114 valence electrons. The van der Waals surface area contributed by atoms with Crippen molar-refractivity contribution in [2.24, 2.45) is 17.8 Å². The van der Waals surface area contributed by atoms with Crippen LogP contribution in [-0.4, -0.2) is 12.6 Å². The smallest absolute Gasteiger partial charge is 0.0104 e. The van der Waals surface area contributed by atoms with Gasteiger partial charge < -0.3 is 5.32 Å². The van der Waals surface area contributed by atoms with Crippen LogP contribution in [0.3, 0.4) is 0 Å². The van der Waals surface area contributed by atoms with E-state index in [1.807, 2.05) is 0 Å². The summed E-state index contributed by atoms with van der Waals surface area (Å²) in [6.45, 7) is 3.50. The van der Waals surface area contributed by atoms with Gasteiger partial charge in [0.1, 0.15) is 0 Å². The van der Waals surface area contributed by atoms with Gasteiger partial charge in [0.25, 0.3) is 0 Å². The lowest BCUT2D eigenvalue weighted by atomic mass is 9.71. The standard InChI is InChI=1S/C20H29N/c1-2-9-21-20(19-11-14-7-8-16(19)10-14)13-17-12-15-5-3-4-6-18(15)17/h3-6,14,16-17,19-21H,2,7-13H2,1H3. The predicted octanol–water partition coefficient (Wildman–Crippen LogP) is 4.52. The maximum atomic E-state index is 3.93. The van der Waals surface area contributed by atoms with Crippen molar-refractivity contribution in [3.8, 4) is 0 Å². The fraction of sp³-hybridized carbons (Fsp3) is 0.700. The van der Waals surface area contributed by atoms with Crippen molar-refractivity contribution in [1.82, 2.24) is 5.32 Å². The highest BCUT2D eigenvalue weighted by molar-refractivity contribution is 5.40. The zero-order valence-corrected chi connectivity index (χ0v) is 13.4. The molecular weight excluding hydrogens is 254 g/mol. The highest BCUT2D eigenvalue weighted by Gasteiger charge is 2.44. The summed E-state index contributed by atoms with van der Waals surface area (Å²) in [5, 5.41) is 3.93. The fourth-order valence-corrected chi connectivity index (χ4v) is 5.41. The van der Waals surface area contributed by atoms with Crippen molar-refractivity contribution in [1.29, 1.82) is 0 Å². The van der Waals surface area contributed by atoms with Crippen LogP contribution >= 0.6 is 0 Å². The first-order chi connectivity index (χ1) is 10.3. The molecule has 0 saturated heterocycles. The Labute approximate surface area is 129 Å². The molecule has 1 heteroatoms. The van der Waals surface area contributed by atoms with E-state index in [2.05, 4.69) is 36.5 Å². The van der Waals surface area contributed by atoms with E-state index in [0.717, 1.165) is 29.7 Å². The van der Waals surface area contributed by atoms with E-state index in [1.165, 1.54) is 51.5 Å². The van der Waals surface area contributed by atoms with Crippen LogP contribution in [-0.2, 0) is 6.42 Å². The summed E-state index contributed by atoms with van der Waals surface area (Å²) in [6.07, 6.45) is 10.1. The topological polar surface area (TPSA) is 12.0 Å². The largest absolute Gasteiger partial charge is 0.314 e. The normalized spacial score (nSPS) is 34.5. The van der Waals surface area contributed by atoms with Crippen LogP contribution in [0, 0.1) is 17.8 Å². The van der Waals surface area contributed by atoms with Gasteiger partial charge in [0.05, 0.1) is 0 Å². The van der Waals surface area contributed by atoms with Crippen molar-refractivity contribution in [2.75, 3.05) is 6.54 Å². The third-order valence-electron chi connectivity index (χ3n) is 6.47. The van der Waals surface area contributed by atoms with E-state index in [0.29, 0.717) is 0 Å². The second-order valence-corrected chi connectivity index (χ2v) is 7.73. The Kier molecular flexibility index (Phi) is 3.79. The van der Waals surface area contributed by atoms with Gasteiger partial charge in [-0.3, -0.25) is 0 Å². The van der Waals surface area contributed by atoms with E-state index in [9.17, 15) is 0 Å². The SMILES string of the molecule is CCCNC(CC1Cc2ccccc21)C1CC2CCC1C2. The van der Waals surface area contributed by atoms with Gasteiger partial charge in [-0.15, -0.1) is 0 Å². The van der Waals surface area contributed by atoms with Crippen molar-refractivity contribution < 1.29 is 0 Å². The molecule has 0 amide bonds. The van der Waals surface area contributed by atoms with Crippen LogP contribution in [0.5, 0.6) is 0 Å². The molecule has 5 atom stereocenters. The molecule has 2 fully saturated rings. The molecule has 0 spiro atoms. The summed E-state index contributed by atoms with van der Waals surface area (Å²) in [5.74, 6) is 3.91. The van der Waals surface area contributed by atoms with Crippen molar-refractivity contribution in [3.63, 3.8) is 0 Å². The molecule has 0 heterocycles. The second-order valence-electron chi connectivity index (χ2n) is 7.73. The quantitative estimate of drug-likeness (QED) is 0.809. The number of rotatable bonds is 6. The summed E-state index contributed by atoms with van der Waals surface area (Å²) in [7, 11) is 0. The molecule has 1 nitrogen and oxygen atoms in total. The number of benzene rings is 1. The lowest BCUT2D eigenvalue weighted by Gasteiger charge is -2.38. The van der Waals surface area contributed by atoms with Gasteiger partial charge in [-0.1, -0.05) is 37.6 Å². The Morgan fingerprint density at radius 3 is 2.81 bits per heavy atom. The molecule has 0 radical (unpaired) electrons. The van der Waals surface area contributed by atoms with Crippen LogP contribution in [0.15, 0.2) is 24.3 Å². The van der Waals surface area contributed by atoms with Crippen molar-refractivity contribution in [2.45, 2.75) is 63.8 Å². The Morgan fingerprint density at radius 1 is 1.19 bits per heavy atom. The Bertz CT molecular complexity index is 494. The van der Waals surface area contributed by atoms with E-state index in [1.54, 1.807) is 11.1 Å². The summed E-state index contributed by atoms with van der Waals surface area (Å²) in [4.78, 5) is 0. The Morgan fingerprint density at radius 2 is 2.10 bits per heavy atom. The van der Waals surface area contributed by atoms with Crippen LogP contribution in [0.25, 0.3) is 0 Å². The minimum Gasteiger partial charge on any atom is -0.314 e. The first-order valence-electron chi connectivity index (χ1n) is 9.16. The van der Waals surface area contributed by atoms with E-state index >= 15 is 0 Å². The van der Waals surface area contributed by atoms with Crippen molar-refractivity contribution >= 4 is 0 Å². The Balaban J connectivity index is 1.44. The third-order valence-corrected chi connectivity index (χ3v) is 6.47. The first-order valence-corrected chi connectivity index (χ1v) is 9.16. The maximum Gasteiger partial charge on any atom is 0.0104 e. The number of hydrogen-bond donors (Lipinski definition) is 1. The van der Waals surface area contributed by atoms with Crippen molar-refractivity contribution in [3.05, 3.63) is 35.4 Å². The monoisotopic (exact) mass is 283 g/mol. The molecule has 3 aliphatic rings. The Hall–Kier alpha value is -0.820. The van der Waals surface area contributed by atoms with E-state index in [4.69, 9.17) is 0 Å². The van der Waals surface area contributed by atoms with Crippen LogP contribution in [0.1, 0.15) is 62.5 Å². The molecule has 1 N–H and O–H groups in total. The molecule has 1 aromatic carbocycles. The summed E-state index contributed by atoms with van der Waals surface area (Å²) in [5.41, 5.74) is 3.24. The molecule has 0 aliphatic heterocycles. The van der Waals surface area contributed by atoms with Crippen LogP contribution in [0.2, 0.25) is 0 Å². The highest BCUT2D eigenvalue weighted by Crippen LogP contribution is 2.51. The molecule has 0 aromatic heterocycles. The number of hydrogen-bond acceptors (Lipinski definition) is 1. The van der Waals surface area contributed by atoms with Crippen LogP contribution < -0.4 is 5.32 Å². The molecular formula is C20H29N. The van der Waals surface area contributed by atoms with Gasteiger partial charge in [-0.2, -0.15) is 0 Å². The van der Waals surface area contributed by atoms with Gasteiger partial charge in [0.15, 0.2) is 0 Å². The van der Waals surface area contributed by atoms with Crippen LogP contribution in [0.4, 0.5) is 0 Å². The van der Waals surface area contributed by atoms with Gasteiger partial charge >= 0.3 is 0 Å². The lowest BCUT2D eigenvalue weighted by molar-refractivity contribution is 0.226. The fourth-order valence-electron chi connectivity index (χ4n) is 5.41. The summed E-state index contributed by atoms with van der Waals surface area (Å²) in [6, 6.07) is 9.87. The average molecular weight is 283 g/mol. The maximum absolute atomic E-state index is 3.93. The van der Waals surface area contributed by atoms with Gasteiger partial charge in [0, 0.05) is 6.04 Å². The van der Waals surface area contributed by atoms with Gasteiger partial charge in [-0.25, -0.2) is 0 Å². The zero-order valence-electron chi connectivity index (χ0n) is 13.4. The summed E-state index contributed by atoms with van der Waals surface area (Å²) < 4.78 is 0. The van der Waals surface area contributed by atoms with Gasteiger partial charge in [0.2, 0.25) is 0 Å². The minimum atomic E-state index is 0.776. The van der Waals surface area contributed by atoms with Gasteiger partial charge in [-0.05, 0) is 79.9 Å². The molecule has 1 aromatic rings. The molecule has 2 bridgehead atoms. The third kappa shape index (κ3) is 2.54. The average Bonchev–Trinajstić information content (AvgIpc) is 3.10. The number of fused-ring (bicyclic) bond motifs is 3. The molecule has 4 rings (SSSR count). The molecule has 21 heavy (non-hydrogen) atoms. The molecule has 2 saturated carbocycles.